The van der Waals surface area contributed by atoms with Crippen molar-refractivity contribution in [2.24, 2.45) is 5.73 Å². The molecule has 0 unspecified atom stereocenters. The van der Waals surface area contributed by atoms with Crippen LogP contribution in [-0.4, -0.2) is 11.7 Å². The average molecular weight is 309 g/mol. The molecule has 2 nitrogen and oxygen atoms in total. The first kappa shape index (κ1) is 11.2. The lowest BCUT2D eigenvalue weighted by Gasteiger charge is -2.22. The predicted octanol–water partition coefficient (Wildman–Crippen LogP) is 2.38. The highest BCUT2D eigenvalue weighted by Crippen LogP contribution is 2.25. The van der Waals surface area contributed by atoms with E-state index < -0.39 is 5.54 Å². The minimum Gasteiger partial charge on any atom is -0.394 e. The first-order valence-corrected chi connectivity index (χ1v) is 5.40. The molecule has 1 aromatic carbocycles. The molecule has 72 valence electrons. The number of benzene rings is 1. The quantitative estimate of drug-likeness (QED) is 0.881. The second-order valence-corrected chi connectivity index (χ2v) is 5.07. The van der Waals surface area contributed by atoms with Gasteiger partial charge in [0.25, 0.3) is 0 Å². The fraction of sp³-hybridized carbons (Fsp3) is 0.333. The maximum absolute atomic E-state index is 9.07. The minimum absolute atomic E-state index is 0.0735. The number of hydrogen-bond acceptors (Lipinski definition) is 2. The molecule has 0 aliphatic rings. The zero-order chi connectivity index (χ0) is 10.1. The maximum atomic E-state index is 9.07. The fourth-order valence-electron chi connectivity index (χ4n) is 0.975. The highest BCUT2D eigenvalue weighted by molar-refractivity contribution is 9.11. The van der Waals surface area contributed by atoms with Crippen LogP contribution in [0.15, 0.2) is 27.1 Å². The number of aliphatic hydroxyl groups excluding tert-OH is 1. The van der Waals surface area contributed by atoms with Gasteiger partial charge in [-0.05, 0) is 30.7 Å². The van der Waals surface area contributed by atoms with Gasteiger partial charge in [0, 0.05) is 8.95 Å². The lowest BCUT2D eigenvalue weighted by atomic mass is 9.94. The predicted molar refractivity (Wildman–Crippen MR) is 60.5 cm³/mol. The van der Waals surface area contributed by atoms with Gasteiger partial charge in [-0.15, -0.1) is 0 Å². The molecule has 13 heavy (non-hydrogen) atoms. The number of nitrogens with two attached hydrogens (primary N) is 1. The van der Waals surface area contributed by atoms with Gasteiger partial charge in [-0.2, -0.15) is 0 Å². The van der Waals surface area contributed by atoms with Gasteiger partial charge in [-0.25, -0.2) is 0 Å². The molecule has 0 bridgehead atoms. The van der Waals surface area contributed by atoms with Crippen LogP contribution in [0.1, 0.15) is 12.5 Å². The van der Waals surface area contributed by atoms with Gasteiger partial charge in [0.2, 0.25) is 0 Å². The Balaban J connectivity index is 3.15. The van der Waals surface area contributed by atoms with Gasteiger partial charge < -0.3 is 10.8 Å². The van der Waals surface area contributed by atoms with Gasteiger partial charge in [0.05, 0.1) is 12.1 Å². The van der Waals surface area contributed by atoms with Crippen LogP contribution in [0.2, 0.25) is 0 Å². The zero-order valence-corrected chi connectivity index (χ0v) is 10.4. The monoisotopic (exact) mass is 307 g/mol. The highest BCUT2D eigenvalue weighted by Gasteiger charge is 2.20. The summed E-state index contributed by atoms with van der Waals surface area (Å²) in [5.74, 6) is 0. The van der Waals surface area contributed by atoms with E-state index in [0.29, 0.717) is 0 Å². The second kappa shape index (κ2) is 4.09. The third kappa shape index (κ3) is 2.77. The smallest absolute Gasteiger partial charge is 0.0650 e. The van der Waals surface area contributed by atoms with Crippen molar-refractivity contribution in [1.82, 2.24) is 0 Å². The van der Waals surface area contributed by atoms with Gasteiger partial charge >= 0.3 is 0 Å². The van der Waals surface area contributed by atoms with Gasteiger partial charge in [0.1, 0.15) is 0 Å². The molecule has 0 aromatic heterocycles. The van der Waals surface area contributed by atoms with Crippen LogP contribution in [-0.2, 0) is 5.54 Å². The van der Waals surface area contributed by atoms with Crippen molar-refractivity contribution in [2.45, 2.75) is 12.5 Å². The second-order valence-electron chi connectivity index (χ2n) is 3.23. The first-order valence-electron chi connectivity index (χ1n) is 3.82. The van der Waals surface area contributed by atoms with Gasteiger partial charge in [-0.3, -0.25) is 0 Å². The SMILES string of the molecule is C[C@@](N)(CO)c1cc(Br)cc(Br)c1. The van der Waals surface area contributed by atoms with Crippen molar-refractivity contribution >= 4 is 31.9 Å². The molecule has 0 fully saturated rings. The Morgan fingerprint density at radius 3 is 2.15 bits per heavy atom. The van der Waals surface area contributed by atoms with Crippen LogP contribution in [0.25, 0.3) is 0 Å². The molecule has 0 amide bonds. The number of rotatable bonds is 2. The lowest BCUT2D eigenvalue weighted by Crippen LogP contribution is -2.36. The van der Waals surface area contributed by atoms with Crippen LogP contribution in [0, 0.1) is 0 Å². The van der Waals surface area contributed by atoms with E-state index in [1.54, 1.807) is 6.92 Å². The molecule has 0 saturated carbocycles. The summed E-state index contributed by atoms with van der Waals surface area (Å²) in [6.45, 7) is 1.72. The maximum Gasteiger partial charge on any atom is 0.0650 e. The zero-order valence-electron chi connectivity index (χ0n) is 7.22. The van der Waals surface area contributed by atoms with E-state index in [1.807, 2.05) is 18.2 Å². The first-order chi connectivity index (χ1) is 5.95. The van der Waals surface area contributed by atoms with Crippen LogP contribution in [0.3, 0.4) is 0 Å². The summed E-state index contributed by atoms with van der Waals surface area (Å²) in [6, 6.07) is 5.74. The Morgan fingerprint density at radius 1 is 1.31 bits per heavy atom. The Hall–Kier alpha value is 0.1000. The van der Waals surface area contributed by atoms with E-state index in [1.165, 1.54) is 0 Å². The van der Waals surface area contributed by atoms with E-state index in [0.717, 1.165) is 14.5 Å². The molecule has 1 aromatic rings. The molecule has 3 N–H and O–H groups in total. The Kier molecular flexibility index (Phi) is 3.51. The molecule has 0 radical (unpaired) electrons. The third-order valence-electron chi connectivity index (χ3n) is 1.85. The minimum atomic E-state index is -0.688. The molecule has 0 aliphatic heterocycles. The summed E-state index contributed by atoms with van der Waals surface area (Å²) in [7, 11) is 0. The molecule has 1 atom stereocenters. The van der Waals surface area contributed by atoms with Crippen molar-refractivity contribution in [3.63, 3.8) is 0 Å². The summed E-state index contributed by atoms with van der Waals surface area (Å²) < 4.78 is 1.89. The fourth-order valence-corrected chi connectivity index (χ4v) is 2.27. The standard InChI is InChI=1S/C9H11Br2NO/c1-9(12,5-13)6-2-7(10)4-8(11)3-6/h2-4,13H,5,12H2,1H3/t9-/m1/s1. The number of aliphatic hydroxyl groups is 1. The molecular formula is C9H11Br2NO. The average Bonchev–Trinajstić information content (AvgIpc) is 2.02. The summed E-state index contributed by atoms with van der Waals surface area (Å²) in [4.78, 5) is 0. The van der Waals surface area contributed by atoms with Crippen molar-refractivity contribution in [3.05, 3.63) is 32.7 Å². The molecule has 1 rings (SSSR count). The molecule has 4 heteroatoms. The molecule has 0 aliphatic carbocycles. The molecule has 0 saturated heterocycles. The van der Waals surface area contributed by atoms with E-state index in [2.05, 4.69) is 31.9 Å². The Bertz CT molecular complexity index is 292. The molecular weight excluding hydrogens is 298 g/mol. The summed E-state index contributed by atoms with van der Waals surface area (Å²) >= 11 is 6.73. The normalized spacial score (nSPS) is 15.5. The van der Waals surface area contributed by atoms with Crippen molar-refractivity contribution in [2.75, 3.05) is 6.61 Å². The van der Waals surface area contributed by atoms with Crippen LogP contribution in [0.4, 0.5) is 0 Å². The van der Waals surface area contributed by atoms with Crippen LogP contribution in [0.5, 0.6) is 0 Å². The van der Waals surface area contributed by atoms with Gasteiger partial charge in [-0.1, -0.05) is 31.9 Å². The Labute approximate surface area is 94.4 Å². The van der Waals surface area contributed by atoms with Crippen LogP contribution >= 0.6 is 31.9 Å². The van der Waals surface area contributed by atoms with Crippen LogP contribution < -0.4 is 5.73 Å². The lowest BCUT2D eigenvalue weighted by molar-refractivity contribution is 0.210. The van der Waals surface area contributed by atoms with Crippen molar-refractivity contribution < 1.29 is 5.11 Å². The summed E-state index contributed by atoms with van der Waals surface area (Å²) in [6.07, 6.45) is 0. The van der Waals surface area contributed by atoms with E-state index in [9.17, 15) is 0 Å². The number of halogens is 2. The van der Waals surface area contributed by atoms with E-state index >= 15 is 0 Å². The Morgan fingerprint density at radius 2 is 1.77 bits per heavy atom. The van der Waals surface area contributed by atoms with Crippen molar-refractivity contribution in [3.8, 4) is 0 Å². The van der Waals surface area contributed by atoms with Gasteiger partial charge in [0.15, 0.2) is 0 Å². The molecule has 0 spiro atoms. The number of hydrogen-bond donors (Lipinski definition) is 2. The topological polar surface area (TPSA) is 46.2 Å². The molecule has 0 heterocycles. The third-order valence-corrected chi connectivity index (χ3v) is 2.77. The van der Waals surface area contributed by atoms with Crippen molar-refractivity contribution in [1.29, 1.82) is 0 Å². The highest BCUT2D eigenvalue weighted by atomic mass is 79.9. The van der Waals surface area contributed by atoms with E-state index in [-0.39, 0.29) is 6.61 Å². The van der Waals surface area contributed by atoms with E-state index in [4.69, 9.17) is 10.8 Å². The summed E-state index contributed by atoms with van der Waals surface area (Å²) in [5, 5.41) is 9.07. The summed E-state index contributed by atoms with van der Waals surface area (Å²) in [5.41, 5.74) is 6.09. The largest absolute Gasteiger partial charge is 0.394 e.